The van der Waals surface area contributed by atoms with Gasteiger partial charge in [0.25, 0.3) is 0 Å². The second-order valence-corrected chi connectivity index (χ2v) is 5.12. The molecule has 0 bridgehead atoms. The Bertz CT molecular complexity index is 491. The summed E-state index contributed by atoms with van der Waals surface area (Å²) >= 11 is 0. The van der Waals surface area contributed by atoms with Gasteiger partial charge in [-0.25, -0.2) is 0 Å². The van der Waals surface area contributed by atoms with Gasteiger partial charge in [0.1, 0.15) is 5.75 Å². The van der Waals surface area contributed by atoms with Crippen molar-refractivity contribution in [2.24, 2.45) is 5.73 Å². The van der Waals surface area contributed by atoms with Crippen LogP contribution in [0.3, 0.4) is 0 Å². The molecule has 0 amide bonds. The predicted molar refractivity (Wildman–Crippen MR) is 84.0 cm³/mol. The maximum atomic E-state index is 6.07. The van der Waals surface area contributed by atoms with Crippen molar-refractivity contribution >= 4 is 0 Å². The summed E-state index contributed by atoms with van der Waals surface area (Å²) in [7, 11) is 0. The maximum absolute atomic E-state index is 6.07. The zero-order valence-electron chi connectivity index (χ0n) is 12.1. The molecule has 0 aliphatic carbocycles. The Morgan fingerprint density at radius 3 is 2.10 bits per heavy atom. The zero-order valence-corrected chi connectivity index (χ0v) is 12.1. The Morgan fingerprint density at radius 1 is 0.950 bits per heavy atom. The fourth-order valence-corrected chi connectivity index (χ4v) is 2.56. The minimum atomic E-state index is 0.00996. The molecule has 0 saturated carbocycles. The predicted octanol–water partition coefficient (Wildman–Crippen LogP) is 3.76. The molecule has 0 radical (unpaired) electrons. The summed E-state index contributed by atoms with van der Waals surface area (Å²) < 4.78 is 5.83. The molecule has 0 fully saturated rings. The first-order valence-corrected chi connectivity index (χ1v) is 7.24. The Morgan fingerprint density at radius 2 is 1.55 bits per heavy atom. The van der Waals surface area contributed by atoms with Crippen LogP contribution >= 0.6 is 0 Å². The largest absolute Gasteiger partial charge is 0.494 e. The van der Waals surface area contributed by atoms with Crippen molar-refractivity contribution in [3.63, 3.8) is 0 Å². The van der Waals surface area contributed by atoms with Crippen molar-refractivity contribution in [3.05, 3.63) is 66.2 Å². The van der Waals surface area contributed by atoms with Gasteiger partial charge in [0.15, 0.2) is 0 Å². The van der Waals surface area contributed by atoms with Gasteiger partial charge in [-0.15, -0.1) is 0 Å². The van der Waals surface area contributed by atoms with E-state index in [0.29, 0.717) is 13.2 Å². The molecule has 0 aliphatic heterocycles. The summed E-state index contributed by atoms with van der Waals surface area (Å²) in [5.41, 5.74) is 7.39. The molecular formula is C18H23NO. The molecule has 0 saturated heterocycles. The number of ether oxygens (including phenoxy) is 1. The first kappa shape index (κ1) is 14.6. The van der Waals surface area contributed by atoms with Crippen LogP contribution in [0.5, 0.6) is 5.75 Å². The van der Waals surface area contributed by atoms with Gasteiger partial charge in [0.2, 0.25) is 0 Å². The second kappa shape index (κ2) is 7.11. The molecule has 0 heterocycles. The van der Waals surface area contributed by atoms with Gasteiger partial charge in [-0.1, -0.05) is 55.5 Å². The minimum absolute atomic E-state index is 0.00996. The topological polar surface area (TPSA) is 35.2 Å². The normalized spacial score (nSPS) is 13.7. The van der Waals surface area contributed by atoms with Gasteiger partial charge in [-0.3, -0.25) is 0 Å². The van der Waals surface area contributed by atoms with E-state index in [1.54, 1.807) is 0 Å². The molecule has 2 heteroatoms. The quantitative estimate of drug-likeness (QED) is 0.830. The van der Waals surface area contributed by atoms with Crippen molar-refractivity contribution in [1.82, 2.24) is 0 Å². The first-order chi connectivity index (χ1) is 9.80. The highest BCUT2D eigenvalue weighted by atomic mass is 16.5. The molecule has 0 aliphatic rings. The molecule has 2 aromatic rings. The van der Waals surface area contributed by atoms with Crippen molar-refractivity contribution in [3.8, 4) is 5.75 Å². The first-order valence-electron chi connectivity index (χ1n) is 7.24. The van der Waals surface area contributed by atoms with E-state index in [9.17, 15) is 0 Å². The SMILES string of the molecule is CCC(CN)(CCOc1ccccc1)c1ccccc1. The van der Waals surface area contributed by atoms with Gasteiger partial charge in [-0.05, 0) is 30.5 Å². The van der Waals surface area contributed by atoms with E-state index in [1.165, 1.54) is 5.56 Å². The van der Waals surface area contributed by atoms with Crippen molar-refractivity contribution in [1.29, 1.82) is 0 Å². The van der Waals surface area contributed by atoms with Crippen molar-refractivity contribution in [2.45, 2.75) is 25.2 Å². The molecule has 2 N–H and O–H groups in total. The Labute approximate surface area is 121 Å². The third-order valence-electron chi connectivity index (χ3n) is 4.05. The molecule has 106 valence electrons. The molecule has 0 aromatic heterocycles. The van der Waals surface area contributed by atoms with Crippen LogP contribution in [0.4, 0.5) is 0 Å². The lowest BCUT2D eigenvalue weighted by Crippen LogP contribution is -2.36. The molecule has 2 nitrogen and oxygen atoms in total. The number of rotatable bonds is 7. The summed E-state index contributed by atoms with van der Waals surface area (Å²) in [6.07, 6.45) is 1.95. The Hall–Kier alpha value is -1.80. The third-order valence-corrected chi connectivity index (χ3v) is 4.05. The zero-order chi connectivity index (χ0) is 14.3. The number of benzene rings is 2. The average molecular weight is 269 g/mol. The number of hydrogen-bond donors (Lipinski definition) is 1. The molecule has 2 rings (SSSR count). The van der Waals surface area contributed by atoms with Crippen LogP contribution in [0.15, 0.2) is 60.7 Å². The maximum Gasteiger partial charge on any atom is 0.119 e. The van der Waals surface area contributed by atoms with Crippen LogP contribution in [0.2, 0.25) is 0 Å². The van der Waals surface area contributed by atoms with E-state index in [2.05, 4.69) is 31.2 Å². The molecular weight excluding hydrogens is 246 g/mol. The van der Waals surface area contributed by atoms with Gasteiger partial charge in [-0.2, -0.15) is 0 Å². The van der Waals surface area contributed by atoms with Gasteiger partial charge >= 0.3 is 0 Å². The Kier molecular flexibility index (Phi) is 5.19. The highest BCUT2D eigenvalue weighted by molar-refractivity contribution is 5.26. The fraction of sp³-hybridized carbons (Fsp3) is 0.333. The minimum Gasteiger partial charge on any atom is -0.494 e. The summed E-state index contributed by atoms with van der Waals surface area (Å²) in [6, 6.07) is 20.5. The summed E-state index contributed by atoms with van der Waals surface area (Å²) in [5, 5.41) is 0. The van der Waals surface area contributed by atoms with E-state index in [0.717, 1.165) is 18.6 Å². The van der Waals surface area contributed by atoms with E-state index < -0.39 is 0 Å². The average Bonchev–Trinajstić information content (AvgIpc) is 2.54. The molecule has 1 unspecified atom stereocenters. The monoisotopic (exact) mass is 269 g/mol. The molecule has 0 spiro atoms. The summed E-state index contributed by atoms with van der Waals surface area (Å²) in [6.45, 7) is 3.53. The number of hydrogen-bond acceptors (Lipinski definition) is 2. The van der Waals surface area contributed by atoms with Crippen LogP contribution in [-0.4, -0.2) is 13.2 Å². The van der Waals surface area contributed by atoms with Gasteiger partial charge in [0.05, 0.1) is 6.61 Å². The second-order valence-electron chi connectivity index (χ2n) is 5.12. The fourth-order valence-electron chi connectivity index (χ4n) is 2.56. The highest BCUT2D eigenvalue weighted by Crippen LogP contribution is 2.30. The van der Waals surface area contributed by atoms with Gasteiger partial charge < -0.3 is 10.5 Å². The van der Waals surface area contributed by atoms with Crippen LogP contribution in [0, 0.1) is 0 Å². The smallest absolute Gasteiger partial charge is 0.119 e. The van der Waals surface area contributed by atoms with Crippen LogP contribution in [-0.2, 0) is 5.41 Å². The van der Waals surface area contributed by atoms with Crippen LogP contribution in [0.1, 0.15) is 25.3 Å². The lowest BCUT2D eigenvalue weighted by Gasteiger charge is -2.32. The van der Waals surface area contributed by atoms with E-state index in [4.69, 9.17) is 10.5 Å². The summed E-state index contributed by atoms with van der Waals surface area (Å²) in [4.78, 5) is 0. The number of nitrogens with two attached hydrogens (primary N) is 1. The van der Waals surface area contributed by atoms with Crippen LogP contribution in [0.25, 0.3) is 0 Å². The third kappa shape index (κ3) is 3.40. The molecule has 1 atom stereocenters. The van der Waals surface area contributed by atoms with Gasteiger partial charge in [0, 0.05) is 12.0 Å². The number of para-hydroxylation sites is 1. The lowest BCUT2D eigenvalue weighted by molar-refractivity contribution is 0.253. The Balaban J connectivity index is 2.03. The molecule has 20 heavy (non-hydrogen) atoms. The molecule has 2 aromatic carbocycles. The standard InChI is InChI=1S/C18H23NO/c1-2-18(15-19,16-9-5-3-6-10-16)13-14-20-17-11-7-4-8-12-17/h3-12H,2,13-15,19H2,1H3. The van der Waals surface area contributed by atoms with E-state index in [-0.39, 0.29) is 5.41 Å². The van der Waals surface area contributed by atoms with Crippen molar-refractivity contribution < 1.29 is 4.74 Å². The lowest BCUT2D eigenvalue weighted by atomic mass is 9.75. The highest BCUT2D eigenvalue weighted by Gasteiger charge is 2.28. The van der Waals surface area contributed by atoms with Crippen molar-refractivity contribution in [2.75, 3.05) is 13.2 Å². The van der Waals surface area contributed by atoms with E-state index >= 15 is 0 Å². The summed E-state index contributed by atoms with van der Waals surface area (Å²) in [5.74, 6) is 0.919. The van der Waals surface area contributed by atoms with Crippen LogP contribution < -0.4 is 10.5 Å². The van der Waals surface area contributed by atoms with E-state index in [1.807, 2.05) is 36.4 Å².